The maximum Gasteiger partial charge on any atom is 0.231 e. The van der Waals surface area contributed by atoms with E-state index in [-0.39, 0.29) is 12.0 Å². The van der Waals surface area contributed by atoms with E-state index < -0.39 is 0 Å². The zero-order valence-corrected chi connectivity index (χ0v) is 19.8. The highest BCUT2D eigenvalue weighted by Gasteiger charge is 2.28. The van der Waals surface area contributed by atoms with Crippen LogP contribution in [0.3, 0.4) is 0 Å². The molecule has 1 saturated heterocycles. The second-order valence-corrected chi connectivity index (χ2v) is 9.85. The lowest BCUT2D eigenvalue weighted by Crippen LogP contribution is -2.40. The van der Waals surface area contributed by atoms with Gasteiger partial charge < -0.3 is 29.2 Å². The van der Waals surface area contributed by atoms with Crippen molar-refractivity contribution in [2.75, 3.05) is 40.1 Å². The van der Waals surface area contributed by atoms with Gasteiger partial charge in [0.15, 0.2) is 11.5 Å². The van der Waals surface area contributed by atoms with Crippen LogP contribution < -0.4 is 14.8 Å². The Bertz CT molecular complexity index is 727. The molecule has 0 spiro atoms. The molecule has 2 fully saturated rings. The summed E-state index contributed by atoms with van der Waals surface area (Å²) in [6.45, 7) is 6.63. The number of fused-ring (bicyclic) bond motifs is 1. The van der Waals surface area contributed by atoms with Crippen molar-refractivity contribution in [3.63, 3.8) is 0 Å². The van der Waals surface area contributed by atoms with Crippen molar-refractivity contribution in [2.45, 2.75) is 69.9 Å². The minimum absolute atomic E-state index is 0.0239. The zero-order valence-electron chi connectivity index (χ0n) is 19.8. The predicted molar refractivity (Wildman–Crippen MR) is 125 cm³/mol. The molecule has 4 rings (SSSR count). The summed E-state index contributed by atoms with van der Waals surface area (Å²) in [6.07, 6.45) is 9.77. The molecule has 1 aliphatic carbocycles. The van der Waals surface area contributed by atoms with Crippen LogP contribution in [0.15, 0.2) is 18.2 Å². The second kappa shape index (κ2) is 11.5. The highest BCUT2D eigenvalue weighted by atomic mass is 16.7. The van der Waals surface area contributed by atoms with Crippen LogP contribution in [0.5, 0.6) is 11.5 Å². The number of hydrogen-bond acceptors (Lipinski definition) is 6. The van der Waals surface area contributed by atoms with E-state index in [1.807, 2.05) is 13.0 Å². The maximum absolute atomic E-state index is 11.3. The smallest absolute Gasteiger partial charge is 0.231 e. The van der Waals surface area contributed by atoms with Crippen molar-refractivity contribution in [3.8, 4) is 11.5 Å². The van der Waals surface area contributed by atoms with Crippen LogP contribution >= 0.6 is 0 Å². The maximum atomic E-state index is 11.3. The SMILES string of the molecule is COC(C)C(C=O)CNC1CCC(CCN2CCC(c3cccc4c3OCO4)CC2)CC1. The number of carbonyl (C=O) groups excluding carboxylic acids is 1. The molecule has 1 N–H and O–H groups in total. The molecule has 3 aliphatic rings. The molecule has 0 radical (unpaired) electrons. The average Bonchev–Trinajstić information content (AvgIpc) is 3.33. The van der Waals surface area contributed by atoms with Crippen LogP contribution in [0.4, 0.5) is 0 Å². The van der Waals surface area contributed by atoms with Crippen molar-refractivity contribution in [2.24, 2.45) is 11.8 Å². The predicted octanol–water partition coefficient (Wildman–Crippen LogP) is 3.98. The van der Waals surface area contributed by atoms with Gasteiger partial charge in [-0.2, -0.15) is 0 Å². The Morgan fingerprint density at radius 3 is 2.66 bits per heavy atom. The third-order valence-corrected chi connectivity index (χ3v) is 7.95. The first-order valence-electron chi connectivity index (χ1n) is 12.5. The molecule has 1 aromatic rings. The number of aldehydes is 1. The molecule has 0 aromatic heterocycles. The van der Waals surface area contributed by atoms with E-state index in [9.17, 15) is 4.79 Å². The summed E-state index contributed by atoms with van der Waals surface area (Å²) in [5.74, 6) is 3.25. The quantitative estimate of drug-likeness (QED) is 0.551. The van der Waals surface area contributed by atoms with Gasteiger partial charge in [0.05, 0.1) is 12.0 Å². The second-order valence-electron chi connectivity index (χ2n) is 9.85. The highest BCUT2D eigenvalue weighted by molar-refractivity contribution is 5.54. The van der Waals surface area contributed by atoms with Crippen LogP contribution in [0.25, 0.3) is 0 Å². The van der Waals surface area contributed by atoms with Gasteiger partial charge in [-0.25, -0.2) is 0 Å². The number of hydrogen-bond donors (Lipinski definition) is 1. The monoisotopic (exact) mass is 444 g/mol. The standard InChI is InChI=1S/C26H40N2O4/c1-19(30-2)22(17-29)16-27-23-8-6-20(7-9-23)10-13-28-14-11-21(12-15-28)24-4-3-5-25-26(24)32-18-31-25/h3-5,17,19-23,27H,6-16,18H2,1-2H3. The van der Waals surface area contributed by atoms with Gasteiger partial charge in [-0.15, -0.1) is 0 Å². The van der Waals surface area contributed by atoms with E-state index in [1.54, 1.807) is 7.11 Å². The highest BCUT2D eigenvalue weighted by Crippen LogP contribution is 2.42. The number of methoxy groups -OCH3 is 1. The summed E-state index contributed by atoms with van der Waals surface area (Å²) in [5, 5.41) is 3.61. The Kier molecular flexibility index (Phi) is 8.44. The lowest BCUT2D eigenvalue weighted by molar-refractivity contribution is -0.114. The average molecular weight is 445 g/mol. The number of likely N-dealkylation sites (tertiary alicyclic amines) is 1. The molecule has 1 aromatic carbocycles. The van der Waals surface area contributed by atoms with Gasteiger partial charge in [0.1, 0.15) is 6.29 Å². The fraction of sp³-hybridized carbons (Fsp3) is 0.731. The molecule has 1 saturated carbocycles. The van der Waals surface area contributed by atoms with E-state index in [1.165, 1.54) is 70.1 Å². The fourth-order valence-electron chi connectivity index (χ4n) is 5.56. The third-order valence-electron chi connectivity index (χ3n) is 7.95. The van der Waals surface area contributed by atoms with Gasteiger partial charge in [0.2, 0.25) is 6.79 Å². The molecule has 2 atom stereocenters. The number of ether oxygens (including phenoxy) is 3. The molecule has 32 heavy (non-hydrogen) atoms. The Morgan fingerprint density at radius 2 is 1.94 bits per heavy atom. The van der Waals surface area contributed by atoms with Crippen molar-refractivity contribution in [1.82, 2.24) is 10.2 Å². The lowest BCUT2D eigenvalue weighted by Gasteiger charge is -2.35. The fourth-order valence-corrected chi connectivity index (χ4v) is 5.56. The van der Waals surface area contributed by atoms with Crippen LogP contribution in [-0.2, 0) is 9.53 Å². The summed E-state index contributed by atoms with van der Waals surface area (Å²) < 4.78 is 16.6. The molecule has 6 nitrogen and oxygen atoms in total. The van der Waals surface area contributed by atoms with Crippen LogP contribution in [-0.4, -0.2) is 63.4 Å². The van der Waals surface area contributed by atoms with Crippen LogP contribution in [0.1, 0.15) is 63.4 Å². The zero-order chi connectivity index (χ0) is 22.3. The Labute approximate surface area is 193 Å². The molecule has 0 amide bonds. The van der Waals surface area contributed by atoms with Crippen LogP contribution in [0.2, 0.25) is 0 Å². The van der Waals surface area contributed by atoms with Gasteiger partial charge in [-0.05, 0) is 89.4 Å². The summed E-state index contributed by atoms with van der Waals surface area (Å²) in [7, 11) is 1.67. The number of carbonyl (C=O) groups is 1. The third kappa shape index (κ3) is 5.83. The van der Waals surface area contributed by atoms with Gasteiger partial charge in [0.25, 0.3) is 0 Å². The number of nitrogens with zero attached hydrogens (tertiary/aromatic N) is 1. The van der Waals surface area contributed by atoms with Gasteiger partial charge in [-0.3, -0.25) is 0 Å². The van der Waals surface area contributed by atoms with E-state index in [0.717, 1.165) is 30.2 Å². The van der Waals surface area contributed by atoms with Gasteiger partial charge in [0, 0.05) is 25.3 Å². The molecular formula is C26H40N2O4. The number of para-hydroxylation sites is 1. The molecular weight excluding hydrogens is 404 g/mol. The summed E-state index contributed by atoms with van der Waals surface area (Å²) >= 11 is 0. The molecule has 2 aliphatic heterocycles. The Morgan fingerprint density at radius 1 is 1.16 bits per heavy atom. The molecule has 6 heteroatoms. The first-order valence-corrected chi connectivity index (χ1v) is 12.5. The van der Waals surface area contributed by atoms with Crippen molar-refractivity contribution in [1.29, 1.82) is 0 Å². The first-order chi connectivity index (χ1) is 15.7. The lowest BCUT2D eigenvalue weighted by atomic mass is 9.83. The number of benzene rings is 1. The van der Waals surface area contributed by atoms with Crippen molar-refractivity contribution < 1.29 is 19.0 Å². The van der Waals surface area contributed by atoms with E-state index in [2.05, 4.69) is 22.3 Å². The first kappa shape index (κ1) is 23.5. The largest absolute Gasteiger partial charge is 0.454 e. The van der Waals surface area contributed by atoms with Crippen molar-refractivity contribution >= 4 is 6.29 Å². The Balaban J connectivity index is 1.13. The minimum atomic E-state index is -0.0586. The van der Waals surface area contributed by atoms with Gasteiger partial charge in [-0.1, -0.05) is 12.1 Å². The summed E-state index contributed by atoms with van der Waals surface area (Å²) in [5.41, 5.74) is 1.34. The Hall–Kier alpha value is -1.63. The number of nitrogens with one attached hydrogen (secondary N) is 1. The van der Waals surface area contributed by atoms with E-state index in [4.69, 9.17) is 14.2 Å². The van der Waals surface area contributed by atoms with Gasteiger partial charge >= 0.3 is 0 Å². The van der Waals surface area contributed by atoms with Crippen molar-refractivity contribution in [3.05, 3.63) is 23.8 Å². The van der Waals surface area contributed by atoms with E-state index >= 15 is 0 Å². The minimum Gasteiger partial charge on any atom is -0.454 e. The molecule has 0 bridgehead atoms. The summed E-state index contributed by atoms with van der Waals surface area (Å²) in [4.78, 5) is 13.9. The summed E-state index contributed by atoms with van der Waals surface area (Å²) in [6, 6.07) is 6.87. The normalized spacial score (nSPS) is 26.1. The number of rotatable bonds is 10. The van der Waals surface area contributed by atoms with E-state index in [0.29, 0.717) is 18.8 Å². The molecule has 178 valence electrons. The van der Waals surface area contributed by atoms with Crippen LogP contribution in [0, 0.1) is 11.8 Å². The molecule has 2 heterocycles. The topological polar surface area (TPSA) is 60.0 Å². The molecule has 2 unspecified atom stereocenters. The number of piperidine rings is 1.